The third-order valence-electron chi connectivity index (χ3n) is 4.11. The van der Waals surface area contributed by atoms with Gasteiger partial charge in [-0.2, -0.15) is 5.10 Å². The number of aliphatic hydroxyl groups excluding tert-OH is 3. The average Bonchev–Trinajstić information content (AvgIpc) is 3.04. The zero-order valence-electron chi connectivity index (χ0n) is 13.5. The van der Waals surface area contributed by atoms with Gasteiger partial charge in [-0.25, -0.2) is 14.6 Å². The summed E-state index contributed by atoms with van der Waals surface area (Å²) in [5.74, 6) is 0. The fourth-order valence-corrected chi connectivity index (χ4v) is 3.12. The van der Waals surface area contributed by atoms with Crippen LogP contribution >= 0.6 is 22.6 Å². The van der Waals surface area contributed by atoms with Crippen molar-refractivity contribution < 1.29 is 15.3 Å². The summed E-state index contributed by atoms with van der Waals surface area (Å²) in [5.41, 5.74) is 3.17. The second kappa shape index (κ2) is 6.88. The fraction of sp³-hybridized carbons (Fsp3) is 0.167. The summed E-state index contributed by atoms with van der Waals surface area (Å²) in [5, 5.41) is 33.9. The Balaban J connectivity index is 2.01. The van der Waals surface area contributed by atoms with E-state index in [1.54, 1.807) is 4.68 Å². The second-order valence-electron chi connectivity index (χ2n) is 5.85. The van der Waals surface area contributed by atoms with Gasteiger partial charge in [-0.15, -0.1) is 0 Å². The number of halogens is 1. The number of hydrogen-bond donors (Lipinski definition) is 3. The van der Waals surface area contributed by atoms with E-state index in [1.807, 2.05) is 48.5 Å². The Morgan fingerprint density at radius 3 is 2.27 bits per heavy atom. The van der Waals surface area contributed by atoms with Crippen LogP contribution in [-0.2, 0) is 0 Å². The maximum atomic E-state index is 10.4. The lowest BCUT2D eigenvalue weighted by molar-refractivity contribution is -0.0168. The third-order valence-corrected chi connectivity index (χ3v) is 4.83. The Bertz CT molecular complexity index is 1080. The average molecular weight is 462 g/mol. The first-order chi connectivity index (χ1) is 12.6. The summed E-state index contributed by atoms with van der Waals surface area (Å²) in [6.45, 7) is -0.583. The molecule has 26 heavy (non-hydrogen) atoms. The minimum Gasteiger partial charge on any atom is -0.394 e. The highest BCUT2D eigenvalue weighted by Gasteiger charge is 2.26. The lowest BCUT2D eigenvalue weighted by Gasteiger charge is -2.13. The monoisotopic (exact) mass is 462 g/mol. The third kappa shape index (κ3) is 2.94. The molecule has 2 unspecified atom stereocenters. The van der Waals surface area contributed by atoms with E-state index in [0.29, 0.717) is 22.2 Å². The van der Waals surface area contributed by atoms with Crippen molar-refractivity contribution in [3.05, 3.63) is 57.8 Å². The molecule has 2 heterocycles. The van der Waals surface area contributed by atoms with Crippen molar-refractivity contribution in [1.82, 2.24) is 19.7 Å². The fourth-order valence-electron chi connectivity index (χ4n) is 2.76. The highest BCUT2D eigenvalue weighted by Crippen LogP contribution is 2.27. The molecule has 0 amide bonds. The zero-order chi connectivity index (χ0) is 18.3. The van der Waals surface area contributed by atoms with Gasteiger partial charge in [0.15, 0.2) is 5.65 Å². The molecule has 132 valence electrons. The van der Waals surface area contributed by atoms with E-state index >= 15 is 0 Å². The Hall–Kier alpha value is -2.14. The first-order valence-corrected chi connectivity index (χ1v) is 9.04. The molecule has 2 aromatic heterocycles. The van der Waals surface area contributed by atoms with Crippen LogP contribution < -0.4 is 0 Å². The van der Waals surface area contributed by atoms with Gasteiger partial charge in [-0.3, -0.25) is 0 Å². The SMILES string of the molecule is OCC(O)C(O)c1nn(-c2ccc(I)cc2)c2nc3ccccc3nc12. The number of benzene rings is 2. The van der Waals surface area contributed by atoms with Gasteiger partial charge in [0.1, 0.15) is 23.4 Å². The van der Waals surface area contributed by atoms with Gasteiger partial charge in [0.05, 0.1) is 23.3 Å². The van der Waals surface area contributed by atoms with Gasteiger partial charge >= 0.3 is 0 Å². The molecule has 4 aromatic rings. The minimum atomic E-state index is -1.37. The molecule has 0 aliphatic heterocycles. The topological polar surface area (TPSA) is 104 Å². The van der Waals surface area contributed by atoms with E-state index in [0.717, 1.165) is 9.26 Å². The van der Waals surface area contributed by atoms with Crippen LogP contribution in [0.3, 0.4) is 0 Å². The molecule has 0 bridgehead atoms. The van der Waals surface area contributed by atoms with Crippen LogP contribution in [0, 0.1) is 3.57 Å². The molecule has 0 fully saturated rings. The van der Waals surface area contributed by atoms with Crippen molar-refractivity contribution in [2.45, 2.75) is 12.2 Å². The van der Waals surface area contributed by atoms with Crippen molar-refractivity contribution in [2.24, 2.45) is 0 Å². The molecular weight excluding hydrogens is 447 g/mol. The quantitative estimate of drug-likeness (QED) is 0.401. The maximum absolute atomic E-state index is 10.4. The number of aromatic nitrogens is 4. The zero-order valence-corrected chi connectivity index (χ0v) is 15.6. The summed E-state index contributed by atoms with van der Waals surface area (Å²) in [6, 6.07) is 15.1. The predicted molar refractivity (Wildman–Crippen MR) is 105 cm³/mol. The van der Waals surface area contributed by atoms with Crippen LogP contribution in [0.15, 0.2) is 48.5 Å². The van der Waals surface area contributed by atoms with Crippen LogP contribution in [0.5, 0.6) is 0 Å². The molecule has 0 saturated heterocycles. The maximum Gasteiger partial charge on any atom is 0.182 e. The van der Waals surface area contributed by atoms with Crippen molar-refractivity contribution in [1.29, 1.82) is 0 Å². The molecule has 8 heteroatoms. The Morgan fingerprint density at radius 1 is 0.962 bits per heavy atom. The van der Waals surface area contributed by atoms with E-state index in [1.165, 1.54) is 0 Å². The summed E-state index contributed by atoms with van der Waals surface area (Å²) >= 11 is 2.22. The van der Waals surface area contributed by atoms with E-state index in [4.69, 9.17) is 0 Å². The van der Waals surface area contributed by atoms with Crippen LogP contribution in [0.1, 0.15) is 11.8 Å². The summed E-state index contributed by atoms with van der Waals surface area (Å²) in [6.07, 6.45) is -2.73. The number of nitrogens with zero attached hydrogens (tertiary/aromatic N) is 4. The van der Waals surface area contributed by atoms with Crippen LogP contribution in [0.2, 0.25) is 0 Å². The number of aliphatic hydroxyl groups is 3. The Labute approximate surface area is 162 Å². The van der Waals surface area contributed by atoms with Crippen molar-refractivity contribution >= 4 is 44.8 Å². The first-order valence-electron chi connectivity index (χ1n) is 7.97. The highest BCUT2D eigenvalue weighted by molar-refractivity contribution is 14.1. The van der Waals surface area contributed by atoms with Gasteiger partial charge in [-0.1, -0.05) is 12.1 Å². The van der Waals surface area contributed by atoms with E-state index in [2.05, 4.69) is 37.7 Å². The smallest absolute Gasteiger partial charge is 0.182 e. The molecule has 0 aliphatic carbocycles. The van der Waals surface area contributed by atoms with Crippen molar-refractivity contribution in [2.75, 3.05) is 6.61 Å². The number of para-hydroxylation sites is 2. The number of fused-ring (bicyclic) bond motifs is 2. The van der Waals surface area contributed by atoms with Crippen LogP contribution in [0.25, 0.3) is 27.9 Å². The minimum absolute atomic E-state index is 0.179. The van der Waals surface area contributed by atoms with E-state index in [9.17, 15) is 15.3 Å². The Kier molecular flexibility index (Phi) is 4.57. The molecule has 0 spiro atoms. The Morgan fingerprint density at radius 2 is 1.62 bits per heavy atom. The first kappa shape index (κ1) is 17.3. The lowest BCUT2D eigenvalue weighted by atomic mass is 10.1. The predicted octanol–water partition coefficient (Wildman–Crippen LogP) is 1.96. The van der Waals surface area contributed by atoms with Gasteiger partial charge in [0, 0.05) is 3.57 Å². The summed E-state index contributed by atoms with van der Waals surface area (Å²) in [7, 11) is 0. The van der Waals surface area contributed by atoms with Gasteiger partial charge < -0.3 is 15.3 Å². The lowest BCUT2D eigenvalue weighted by Crippen LogP contribution is -2.22. The van der Waals surface area contributed by atoms with Gasteiger partial charge in [0.25, 0.3) is 0 Å². The second-order valence-corrected chi connectivity index (χ2v) is 7.10. The van der Waals surface area contributed by atoms with Gasteiger partial charge in [0.2, 0.25) is 0 Å². The largest absolute Gasteiger partial charge is 0.394 e. The molecule has 0 radical (unpaired) electrons. The number of hydrogen-bond acceptors (Lipinski definition) is 6. The van der Waals surface area contributed by atoms with Crippen LogP contribution in [0.4, 0.5) is 0 Å². The van der Waals surface area contributed by atoms with E-state index in [-0.39, 0.29) is 5.69 Å². The molecule has 3 N–H and O–H groups in total. The van der Waals surface area contributed by atoms with Crippen molar-refractivity contribution in [3.8, 4) is 5.69 Å². The summed E-state index contributed by atoms with van der Waals surface area (Å²) in [4.78, 5) is 9.22. The molecule has 0 aliphatic rings. The molecule has 2 aromatic carbocycles. The molecular formula is C18H15IN4O3. The normalized spacial score (nSPS) is 14.0. The molecule has 7 nitrogen and oxygen atoms in total. The van der Waals surface area contributed by atoms with Gasteiger partial charge in [-0.05, 0) is 59.0 Å². The molecule has 4 rings (SSSR count). The van der Waals surface area contributed by atoms with Crippen molar-refractivity contribution in [3.63, 3.8) is 0 Å². The number of rotatable bonds is 4. The summed E-state index contributed by atoms with van der Waals surface area (Å²) < 4.78 is 2.67. The van der Waals surface area contributed by atoms with E-state index < -0.39 is 18.8 Å². The standard InChI is InChI=1S/C18H15IN4O3/c19-10-5-7-11(8-6-10)23-18-16(15(22-23)17(26)14(25)9-24)20-12-3-1-2-4-13(12)21-18/h1-8,14,17,24-26H,9H2. The van der Waals surface area contributed by atoms with Crippen LogP contribution in [-0.4, -0.2) is 47.8 Å². The molecule has 2 atom stereocenters. The molecule has 0 saturated carbocycles. The highest BCUT2D eigenvalue weighted by atomic mass is 127.